The first kappa shape index (κ1) is 24.4. The van der Waals surface area contributed by atoms with Gasteiger partial charge in [-0.2, -0.15) is 11.8 Å². The Balaban J connectivity index is 1.29. The topological polar surface area (TPSA) is 49.8 Å². The van der Waals surface area contributed by atoms with Crippen molar-refractivity contribution in [2.45, 2.75) is 76.0 Å². The molecule has 36 heavy (non-hydrogen) atoms. The minimum atomic E-state index is -0.389. The molecule has 1 aliphatic heterocycles. The van der Waals surface area contributed by atoms with Crippen LogP contribution in [0, 0.1) is 17.3 Å². The van der Waals surface area contributed by atoms with Gasteiger partial charge in [0.25, 0.3) is 0 Å². The molecule has 0 aromatic heterocycles. The number of esters is 1. The van der Waals surface area contributed by atoms with Gasteiger partial charge in [0.1, 0.15) is 17.4 Å². The minimum absolute atomic E-state index is 0.000283. The van der Waals surface area contributed by atoms with Crippen molar-refractivity contribution in [1.82, 2.24) is 4.90 Å². The molecule has 5 heteroatoms. The molecule has 6 rings (SSSR count). The highest BCUT2D eigenvalue weighted by molar-refractivity contribution is 7.98. The highest BCUT2D eigenvalue weighted by atomic mass is 32.2. The molecule has 3 fully saturated rings. The number of phenolic OH excluding ortho intramolecular Hbond substituents is 1. The zero-order valence-corrected chi connectivity index (χ0v) is 22.4. The standard InChI is InChI=1S/C31H39NO3S/c1-30-15-12-25-24-11-9-23(33)18-22(24)8-10-26(25)27(30)13-16-31(30)20-32(19-21-6-4-3-5-7-21)28(14-17-36-2)29(34)35-31/h3-7,9,11,18,25-28,33H,8,10,12-17,19-20H2,1-2H3/t25-,26-,27+,28+,30+,31-/m1/s1. The van der Waals surface area contributed by atoms with Crippen molar-refractivity contribution in [1.29, 1.82) is 0 Å². The first-order valence-corrected chi connectivity index (χ1v) is 15.1. The lowest BCUT2D eigenvalue weighted by Gasteiger charge is -2.57. The molecule has 4 nitrogen and oxygen atoms in total. The molecule has 1 spiro atoms. The Morgan fingerprint density at radius 2 is 1.94 bits per heavy atom. The van der Waals surface area contributed by atoms with E-state index in [9.17, 15) is 9.90 Å². The van der Waals surface area contributed by atoms with Crippen LogP contribution >= 0.6 is 11.8 Å². The van der Waals surface area contributed by atoms with Gasteiger partial charge in [0.05, 0.1) is 0 Å². The molecule has 192 valence electrons. The Morgan fingerprint density at radius 1 is 1.11 bits per heavy atom. The van der Waals surface area contributed by atoms with Crippen LogP contribution in [0.25, 0.3) is 0 Å². The fraction of sp³-hybridized carbons (Fsp3) is 0.581. The highest BCUT2D eigenvalue weighted by Crippen LogP contribution is 2.66. The maximum Gasteiger partial charge on any atom is 0.324 e. The lowest BCUT2D eigenvalue weighted by atomic mass is 9.53. The van der Waals surface area contributed by atoms with E-state index in [1.807, 2.05) is 12.1 Å². The van der Waals surface area contributed by atoms with Gasteiger partial charge in [-0.25, -0.2) is 0 Å². The number of fused-ring (bicyclic) bond motifs is 6. The first-order valence-electron chi connectivity index (χ1n) is 13.8. The minimum Gasteiger partial charge on any atom is -0.508 e. The lowest BCUT2D eigenvalue weighted by Crippen LogP contribution is -2.64. The fourth-order valence-electron chi connectivity index (χ4n) is 8.48. The van der Waals surface area contributed by atoms with Gasteiger partial charge >= 0.3 is 5.97 Å². The van der Waals surface area contributed by atoms with Crippen molar-refractivity contribution >= 4 is 17.7 Å². The molecule has 1 saturated heterocycles. The fourth-order valence-corrected chi connectivity index (χ4v) is 8.94. The number of carbonyl (C=O) groups is 1. The maximum atomic E-state index is 13.7. The van der Waals surface area contributed by atoms with E-state index in [2.05, 4.69) is 54.5 Å². The summed E-state index contributed by atoms with van der Waals surface area (Å²) in [5, 5.41) is 10.0. The number of nitrogens with zero attached hydrogens (tertiary/aromatic N) is 1. The van der Waals surface area contributed by atoms with Crippen LogP contribution in [0.2, 0.25) is 0 Å². The van der Waals surface area contributed by atoms with Crippen molar-refractivity contribution in [3.8, 4) is 5.75 Å². The third-order valence-corrected chi connectivity index (χ3v) is 10.9. The second kappa shape index (κ2) is 9.40. The number of ether oxygens (including phenoxy) is 1. The van der Waals surface area contributed by atoms with Crippen LogP contribution in [-0.2, 0) is 22.5 Å². The Labute approximate surface area is 219 Å². The quantitative estimate of drug-likeness (QED) is 0.493. The Kier molecular flexibility index (Phi) is 6.36. The number of morpholine rings is 1. The number of hydrogen-bond donors (Lipinski definition) is 1. The lowest BCUT2D eigenvalue weighted by molar-refractivity contribution is -0.209. The summed E-state index contributed by atoms with van der Waals surface area (Å²) in [7, 11) is 0. The summed E-state index contributed by atoms with van der Waals surface area (Å²) in [4.78, 5) is 16.1. The van der Waals surface area contributed by atoms with E-state index >= 15 is 0 Å². The first-order chi connectivity index (χ1) is 17.4. The third-order valence-electron chi connectivity index (χ3n) is 10.3. The molecule has 1 heterocycles. The van der Waals surface area contributed by atoms with Crippen LogP contribution in [0.15, 0.2) is 48.5 Å². The van der Waals surface area contributed by atoms with Crippen molar-refractivity contribution in [2.75, 3.05) is 18.6 Å². The summed E-state index contributed by atoms with van der Waals surface area (Å²) in [5.74, 6) is 3.13. The Morgan fingerprint density at radius 3 is 2.75 bits per heavy atom. The molecule has 3 aliphatic carbocycles. The molecule has 2 aromatic carbocycles. The molecule has 0 radical (unpaired) electrons. The molecule has 1 N–H and O–H groups in total. The smallest absolute Gasteiger partial charge is 0.324 e. The van der Waals surface area contributed by atoms with E-state index in [1.165, 1.54) is 23.1 Å². The van der Waals surface area contributed by atoms with Crippen LogP contribution < -0.4 is 0 Å². The summed E-state index contributed by atoms with van der Waals surface area (Å²) < 4.78 is 6.63. The molecule has 6 atom stereocenters. The number of phenols is 1. The van der Waals surface area contributed by atoms with Crippen molar-refractivity contribution in [3.05, 3.63) is 65.2 Å². The zero-order valence-electron chi connectivity index (χ0n) is 21.6. The predicted octanol–water partition coefficient (Wildman–Crippen LogP) is 6.17. The van der Waals surface area contributed by atoms with E-state index in [4.69, 9.17) is 4.74 Å². The van der Waals surface area contributed by atoms with E-state index < -0.39 is 0 Å². The largest absolute Gasteiger partial charge is 0.508 e. The van der Waals surface area contributed by atoms with Gasteiger partial charge in [0.2, 0.25) is 0 Å². The predicted molar refractivity (Wildman–Crippen MR) is 145 cm³/mol. The average molecular weight is 506 g/mol. The molecule has 4 aliphatic rings. The number of aromatic hydroxyl groups is 1. The SMILES string of the molecule is CSCC[C@H]1C(=O)O[C@]2(CC[C@H]3[C@@H]4CCc5cc(O)ccc5[C@H]4CC[C@@]32C)CN1Cc1ccccc1. The van der Waals surface area contributed by atoms with E-state index in [-0.39, 0.29) is 23.0 Å². The summed E-state index contributed by atoms with van der Waals surface area (Å²) in [6.45, 7) is 4.10. The van der Waals surface area contributed by atoms with Gasteiger partial charge in [0.15, 0.2) is 0 Å². The van der Waals surface area contributed by atoms with Crippen LogP contribution in [0.3, 0.4) is 0 Å². The second-order valence-electron chi connectivity index (χ2n) is 11.9. The second-order valence-corrected chi connectivity index (χ2v) is 12.9. The Bertz CT molecular complexity index is 1120. The highest BCUT2D eigenvalue weighted by Gasteiger charge is 2.66. The maximum absolute atomic E-state index is 13.7. The van der Waals surface area contributed by atoms with Gasteiger partial charge in [-0.15, -0.1) is 0 Å². The number of hydrogen-bond acceptors (Lipinski definition) is 5. The summed E-state index contributed by atoms with van der Waals surface area (Å²) in [6.07, 6.45) is 9.54. The molecule has 0 unspecified atom stereocenters. The average Bonchev–Trinajstić information content (AvgIpc) is 3.15. The molecule has 0 bridgehead atoms. The number of benzene rings is 2. The summed E-state index contributed by atoms with van der Waals surface area (Å²) >= 11 is 1.80. The number of rotatable bonds is 5. The van der Waals surface area contributed by atoms with Crippen molar-refractivity contribution in [2.24, 2.45) is 17.3 Å². The monoisotopic (exact) mass is 505 g/mol. The molecule has 2 saturated carbocycles. The molecular weight excluding hydrogens is 466 g/mol. The van der Waals surface area contributed by atoms with Crippen LogP contribution in [0.1, 0.15) is 68.1 Å². The van der Waals surface area contributed by atoms with Gasteiger partial charge in [0, 0.05) is 18.5 Å². The number of aryl methyl sites for hydroxylation is 1. The van der Waals surface area contributed by atoms with Gasteiger partial charge in [-0.05, 0) is 104 Å². The third kappa shape index (κ3) is 3.89. The van der Waals surface area contributed by atoms with E-state index in [0.29, 0.717) is 23.5 Å². The van der Waals surface area contributed by atoms with Crippen LogP contribution in [0.5, 0.6) is 5.75 Å². The summed E-state index contributed by atoms with van der Waals surface area (Å²) in [5.41, 5.74) is 3.68. The number of thioether (sulfide) groups is 1. The van der Waals surface area contributed by atoms with Crippen molar-refractivity contribution < 1.29 is 14.6 Å². The van der Waals surface area contributed by atoms with Crippen molar-refractivity contribution in [3.63, 3.8) is 0 Å². The summed E-state index contributed by atoms with van der Waals surface area (Å²) in [6, 6.07) is 16.5. The van der Waals surface area contributed by atoms with Gasteiger partial charge < -0.3 is 9.84 Å². The van der Waals surface area contributed by atoms with Crippen LogP contribution in [0.4, 0.5) is 0 Å². The Hall–Kier alpha value is -1.98. The molecular formula is C31H39NO3S. The van der Waals surface area contributed by atoms with E-state index in [1.54, 1.807) is 11.8 Å². The molecule has 2 aromatic rings. The van der Waals surface area contributed by atoms with E-state index in [0.717, 1.165) is 57.4 Å². The normalized spacial score (nSPS) is 35.7. The zero-order chi connectivity index (χ0) is 24.9. The number of carbonyl (C=O) groups excluding carboxylic acids is 1. The van der Waals surface area contributed by atoms with Gasteiger partial charge in [-0.3, -0.25) is 9.69 Å². The van der Waals surface area contributed by atoms with Crippen LogP contribution in [-0.4, -0.2) is 46.2 Å². The molecule has 0 amide bonds. The van der Waals surface area contributed by atoms with Gasteiger partial charge in [-0.1, -0.05) is 43.3 Å².